The molecule has 0 aliphatic carbocycles. The van der Waals surface area contributed by atoms with Crippen LogP contribution in [0.3, 0.4) is 0 Å². The van der Waals surface area contributed by atoms with Gasteiger partial charge in [0.2, 0.25) is 10.0 Å². The predicted molar refractivity (Wildman–Crippen MR) is 168 cm³/mol. The van der Waals surface area contributed by atoms with Crippen LogP contribution in [0.15, 0.2) is 53.4 Å². The molecule has 3 rings (SSSR count). The maximum Gasteiger partial charge on any atom is 0.407 e. The molecule has 0 bridgehead atoms. The number of alkyl carbamates (subject to hydrolysis) is 1. The Morgan fingerprint density at radius 1 is 1.09 bits per heavy atom. The lowest BCUT2D eigenvalue weighted by Gasteiger charge is -2.31. The number of hydrogen-bond acceptors (Lipinski definition) is 10. The molecule has 236 valence electrons. The SMILES string of the molecule is COC(=O)CCNc1nc2ccc(S(=O)(=O)N(CC(C)C)C[C@@H](O)C(Cc3ccccc3)NC(=O)OC(C)(C)C)cc2s1. The van der Waals surface area contributed by atoms with Gasteiger partial charge in [-0.1, -0.05) is 55.5 Å². The number of thiazole rings is 1. The number of hydrogen-bond donors (Lipinski definition) is 3. The van der Waals surface area contributed by atoms with E-state index in [1.165, 1.54) is 28.8 Å². The van der Waals surface area contributed by atoms with Crippen molar-refractivity contribution in [2.45, 2.75) is 70.1 Å². The molecule has 0 spiro atoms. The smallest absolute Gasteiger partial charge is 0.407 e. The van der Waals surface area contributed by atoms with E-state index in [9.17, 15) is 23.1 Å². The van der Waals surface area contributed by atoms with E-state index in [0.717, 1.165) is 5.56 Å². The lowest BCUT2D eigenvalue weighted by atomic mass is 10.0. The molecule has 3 N–H and O–H groups in total. The van der Waals surface area contributed by atoms with Gasteiger partial charge in [0.15, 0.2) is 5.13 Å². The van der Waals surface area contributed by atoms with Gasteiger partial charge in [0.25, 0.3) is 0 Å². The monoisotopic (exact) mass is 634 g/mol. The van der Waals surface area contributed by atoms with Gasteiger partial charge in [-0.15, -0.1) is 0 Å². The van der Waals surface area contributed by atoms with Crippen LogP contribution in [0.5, 0.6) is 0 Å². The van der Waals surface area contributed by atoms with E-state index in [1.54, 1.807) is 32.9 Å². The van der Waals surface area contributed by atoms with Gasteiger partial charge in [-0.3, -0.25) is 4.79 Å². The second kappa shape index (κ2) is 15.0. The third-order valence-electron chi connectivity index (χ3n) is 6.26. The molecule has 0 saturated heterocycles. The van der Waals surface area contributed by atoms with Gasteiger partial charge in [0, 0.05) is 19.6 Å². The molecule has 1 heterocycles. The number of anilines is 1. The number of methoxy groups -OCH3 is 1. The molecular formula is C30H42N4O7S2. The van der Waals surface area contributed by atoms with Crippen molar-refractivity contribution in [1.29, 1.82) is 0 Å². The van der Waals surface area contributed by atoms with E-state index in [1.807, 2.05) is 44.2 Å². The van der Waals surface area contributed by atoms with Crippen LogP contribution < -0.4 is 10.6 Å². The lowest BCUT2D eigenvalue weighted by Crippen LogP contribution is -2.51. The Morgan fingerprint density at radius 2 is 1.79 bits per heavy atom. The molecule has 11 nitrogen and oxygen atoms in total. The summed E-state index contributed by atoms with van der Waals surface area (Å²) in [6.45, 7) is 9.27. The Balaban J connectivity index is 1.85. The van der Waals surface area contributed by atoms with Crippen LogP contribution in [0.25, 0.3) is 10.2 Å². The first-order valence-electron chi connectivity index (χ1n) is 14.1. The van der Waals surface area contributed by atoms with Crippen molar-refractivity contribution < 1.29 is 32.6 Å². The highest BCUT2D eigenvalue weighted by atomic mass is 32.2. The second-order valence-electron chi connectivity index (χ2n) is 11.6. The van der Waals surface area contributed by atoms with E-state index < -0.39 is 33.9 Å². The molecule has 0 saturated carbocycles. The number of aliphatic hydroxyl groups is 1. The molecule has 0 aliphatic rings. The van der Waals surface area contributed by atoms with Gasteiger partial charge >= 0.3 is 12.1 Å². The summed E-state index contributed by atoms with van der Waals surface area (Å²) in [5.74, 6) is -0.382. The van der Waals surface area contributed by atoms with Crippen LogP contribution in [0.2, 0.25) is 0 Å². The van der Waals surface area contributed by atoms with Gasteiger partial charge in [-0.2, -0.15) is 4.31 Å². The Kier molecular flexibility index (Phi) is 11.9. The number of rotatable bonds is 14. The summed E-state index contributed by atoms with van der Waals surface area (Å²) in [5, 5.41) is 17.8. The number of nitrogens with one attached hydrogen (secondary N) is 2. The predicted octanol–water partition coefficient (Wildman–Crippen LogP) is 4.41. The van der Waals surface area contributed by atoms with Crippen LogP contribution >= 0.6 is 11.3 Å². The van der Waals surface area contributed by atoms with Gasteiger partial charge in [-0.05, 0) is 56.9 Å². The number of aliphatic hydroxyl groups excluding tert-OH is 1. The molecule has 2 atom stereocenters. The summed E-state index contributed by atoms with van der Waals surface area (Å²) in [5.41, 5.74) is 0.739. The molecule has 3 aromatic rings. The maximum atomic E-state index is 13.9. The standard InChI is InChI=1S/C30H42N4O7S2/c1-20(2)18-34(19-25(35)24(16-21-10-8-7-9-11-21)33-29(37)41-30(3,4)5)43(38,39)22-12-13-23-26(17-22)42-28(32-23)31-15-14-27(36)40-6/h7-13,17,20,24-25,35H,14-16,18-19H2,1-6H3,(H,31,32)(H,33,37)/t24?,25-/m1/s1. The van der Waals surface area contributed by atoms with E-state index in [2.05, 4.69) is 20.4 Å². The van der Waals surface area contributed by atoms with Crippen molar-refractivity contribution in [3.63, 3.8) is 0 Å². The fourth-order valence-corrected chi connectivity index (χ4v) is 6.94. The zero-order valence-corrected chi connectivity index (χ0v) is 27.1. The zero-order valence-electron chi connectivity index (χ0n) is 25.5. The van der Waals surface area contributed by atoms with Gasteiger partial charge in [0.1, 0.15) is 5.60 Å². The highest BCUT2D eigenvalue weighted by Gasteiger charge is 2.32. The van der Waals surface area contributed by atoms with Crippen LogP contribution in [0.1, 0.15) is 46.6 Å². The number of sulfonamides is 1. The molecule has 0 fully saturated rings. The van der Waals surface area contributed by atoms with Crippen molar-refractivity contribution in [3.8, 4) is 0 Å². The molecule has 0 radical (unpaired) electrons. The number of aromatic nitrogens is 1. The minimum Gasteiger partial charge on any atom is -0.469 e. The quantitative estimate of drug-likeness (QED) is 0.219. The van der Waals surface area contributed by atoms with E-state index in [-0.39, 0.29) is 42.7 Å². The Hall–Kier alpha value is -3.26. The second-order valence-corrected chi connectivity index (χ2v) is 14.6. The maximum absolute atomic E-state index is 13.9. The Morgan fingerprint density at radius 3 is 2.42 bits per heavy atom. The average molecular weight is 635 g/mol. The number of benzene rings is 2. The number of amides is 1. The summed E-state index contributed by atoms with van der Waals surface area (Å²) in [6, 6.07) is 13.2. The third-order valence-corrected chi connectivity index (χ3v) is 9.06. The number of carbonyl (C=O) groups excluding carboxylic acids is 2. The molecule has 2 aromatic carbocycles. The van der Waals surface area contributed by atoms with Gasteiger partial charge in [0.05, 0.1) is 40.8 Å². The van der Waals surface area contributed by atoms with Crippen molar-refractivity contribution in [3.05, 3.63) is 54.1 Å². The van der Waals surface area contributed by atoms with Crippen molar-refractivity contribution in [2.24, 2.45) is 5.92 Å². The number of carbonyl (C=O) groups is 2. The highest BCUT2D eigenvalue weighted by Crippen LogP contribution is 2.30. The van der Waals surface area contributed by atoms with Crippen LogP contribution in [-0.4, -0.2) is 79.4 Å². The summed E-state index contributed by atoms with van der Waals surface area (Å²) in [6.07, 6.45) is -1.49. The first-order chi connectivity index (χ1) is 20.2. The zero-order chi connectivity index (χ0) is 31.8. The van der Waals surface area contributed by atoms with Gasteiger partial charge in [-0.25, -0.2) is 18.2 Å². The first kappa shape index (κ1) is 34.2. The van der Waals surface area contributed by atoms with Crippen LogP contribution in [0.4, 0.5) is 9.93 Å². The average Bonchev–Trinajstić information content (AvgIpc) is 3.33. The Labute approximate surface area is 257 Å². The largest absolute Gasteiger partial charge is 0.469 e. The van der Waals surface area contributed by atoms with Gasteiger partial charge < -0.3 is 25.2 Å². The van der Waals surface area contributed by atoms with Crippen LogP contribution in [-0.2, 0) is 30.7 Å². The number of ether oxygens (including phenoxy) is 2. The molecule has 1 amide bonds. The van der Waals surface area contributed by atoms with E-state index in [0.29, 0.717) is 21.9 Å². The number of nitrogens with zero attached hydrogens (tertiary/aromatic N) is 2. The molecule has 0 aliphatic heterocycles. The number of esters is 1. The summed E-state index contributed by atoms with van der Waals surface area (Å²) < 4.78 is 39.9. The number of fused-ring (bicyclic) bond motifs is 1. The summed E-state index contributed by atoms with van der Waals surface area (Å²) in [4.78, 5) is 28.6. The molecule has 43 heavy (non-hydrogen) atoms. The van der Waals surface area contributed by atoms with Crippen molar-refractivity contribution in [2.75, 3.05) is 32.1 Å². The van der Waals surface area contributed by atoms with E-state index in [4.69, 9.17) is 4.74 Å². The molecule has 1 unspecified atom stereocenters. The topological polar surface area (TPSA) is 147 Å². The highest BCUT2D eigenvalue weighted by molar-refractivity contribution is 7.89. The van der Waals surface area contributed by atoms with Crippen molar-refractivity contribution in [1.82, 2.24) is 14.6 Å². The fourth-order valence-electron chi connectivity index (χ4n) is 4.29. The lowest BCUT2D eigenvalue weighted by molar-refractivity contribution is -0.140. The van der Waals surface area contributed by atoms with E-state index >= 15 is 0 Å². The minimum absolute atomic E-state index is 0.0360. The first-order valence-corrected chi connectivity index (χ1v) is 16.4. The summed E-state index contributed by atoms with van der Waals surface area (Å²) in [7, 11) is -2.72. The molecule has 1 aromatic heterocycles. The normalized spacial score (nSPS) is 13.6. The Bertz CT molecular complexity index is 1470. The fraction of sp³-hybridized carbons (Fsp3) is 0.500. The third kappa shape index (κ3) is 10.4. The molecule has 13 heteroatoms. The minimum atomic E-state index is -4.04. The molecular weight excluding hydrogens is 592 g/mol. The summed E-state index contributed by atoms with van der Waals surface area (Å²) >= 11 is 1.28. The van der Waals surface area contributed by atoms with Crippen LogP contribution in [0, 0.1) is 5.92 Å². The van der Waals surface area contributed by atoms with Crippen molar-refractivity contribution >= 4 is 48.8 Å².